The van der Waals surface area contributed by atoms with Crippen molar-refractivity contribution in [1.82, 2.24) is 0 Å². The van der Waals surface area contributed by atoms with Gasteiger partial charge in [-0.1, -0.05) is 158 Å². The molecule has 0 saturated heterocycles. The highest BCUT2D eigenvalue weighted by molar-refractivity contribution is 8.41. The highest BCUT2D eigenvalue weighted by Gasteiger charge is 2.50. The van der Waals surface area contributed by atoms with Gasteiger partial charge >= 0.3 is 0 Å². The summed E-state index contributed by atoms with van der Waals surface area (Å²) in [7, 11) is -3.90. The van der Waals surface area contributed by atoms with Crippen LogP contribution in [0.5, 0.6) is 0 Å². The fourth-order valence-corrected chi connectivity index (χ4v) is 19.3. The molecule has 0 bridgehead atoms. The molecule has 216 valence electrons. The van der Waals surface area contributed by atoms with Gasteiger partial charge < -0.3 is 0 Å². The molecule has 0 nitrogen and oxygen atoms in total. The monoisotopic (exact) mass is 631 g/mol. The molecule has 0 spiro atoms. The molecule has 0 radical (unpaired) electrons. The number of hydrogen-bond acceptors (Lipinski definition) is 0. The van der Waals surface area contributed by atoms with Gasteiger partial charge in [0, 0.05) is 5.30 Å². The Balaban J connectivity index is 1.60. The van der Waals surface area contributed by atoms with Crippen LogP contribution in [0.2, 0.25) is 0 Å². The molecule has 1 unspecified atom stereocenters. The van der Waals surface area contributed by atoms with Crippen LogP contribution in [-0.2, 0) is 0 Å². The lowest BCUT2D eigenvalue weighted by molar-refractivity contribution is 1.71. The van der Waals surface area contributed by atoms with Crippen molar-refractivity contribution in [1.29, 1.82) is 0 Å². The Labute approximate surface area is 270 Å². The van der Waals surface area contributed by atoms with E-state index < -0.39 is 22.5 Å². The molecule has 7 aromatic carbocycles. The van der Waals surface area contributed by atoms with Gasteiger partial charge in [-0.15, -0.1) is 0 Å². The topological polar surface area (TPSA) is 0 Å². The van der Waals surface area contributed by atoms with E-state index >= 15 is 0 Å². The number of rotatable bonds is 9. The van der Waals surface area contributed by atoms with Crippen LogP contribution in [0.15, 0.2) is 206 Å². The zero-order valence-corrected chi connectivity index (χ0v) is 27.7. The van der Waals surface area contributed by atoms with E-state index in [2.05, 4.69) is 206 Å². The van der Waals surface area contributed by atoms with Crippen LogP contribution >= 0.6 is 22.5 Å². The fourth-order valence-electron chi connectivity index (χ4n) is 6.20. The zero-order valence-electron chi connectivity index (χ0n) is 25.0. The first-order valence-electron chi connectivity index (χ1n) is 15.3. The van der Waals surface area contributed by atoms with Gasteiger partial charge in [0.2, 0.25) is 0 Å². The highest BCUT2D eigenvalue weighted by Crippen LogP contribution is 2.67. The first-order valence-corrected chi connectivity index (χ1v) is 20.5. The van der Waals surface area contributed by atoms with Crippen molar-refractivity contribution in [3.63, 3.8) is 0 Å². The number of benzene rings is 7. The second kappa shape index (κ2) is 13.9. The standard InChI is InChI=1S/C42H34P3/c1-7-21-35(22-8-1)43(36-23-9-2-10-24-36)44(37-25-11-3-12-26-37)41-33-19-20-34-42(41)45(38-27-13-4-14-28-38,39-29-15-5-16-30-39)40-31-17-6-18-32-40/h1-34H/q+1. The molecule has 7 aromatic rings. The Bertz CT molecular complexity index is 1790. The SMILES string of the molecule is c1ccc(P(c2ccccc2)P(c2ccccc2)c2ccccc2[P+](c2ccccc2)(c2ccccc2)c2ccccc2)cc1. The molecule has 3 heteroatoms. The maximum atomic E-state index is 2.44. The Kier molecular flexibility index (Phi) is 9.10. The summed E-state index contributed by atoms with van der Waals surface area (Å²) in [4.78, 5) is 0. The first-order chi connectivity index (χ1) is 22.4. The van der Waals surface area contributed by atoms with Gasteiger partial charge in [-0.05, 0) is 79.7 Å². The summed E-state index contributed by atoms with van der Waals surface area (Å²) in [6, 6.07) is 76.9. The lowest BCUT2D eigenvalue weighted by Crippen LogP contribution is -2.44. The van der Waals surface area contributed by atoms with Gasteiger partial charge in [0.05, 0.1) is 0 Å². The predicted molar refractivity (Wildman–Crippen MR) is 203 cm³/mol. The van der Waals surface area contributed by atoms with Crippen molar-refractivity contribution < 1.29 is 0 Å². The first kappa shape index (κ1) is 29.5. The molecule has 0 N–H and O–H groups in total. The summed E-state index contributed by atoms with van der Waals surface area (Å²) >= 11 is 0. The third-order valence-corrected chi connectivity index (χ3v) is 20.1. The molecule has 0 saturated carbocycles. The van der Waals surface area contributed by atoms with Crippen LogP contribution in [0.3, 0.4) is 0 Å². The van der Waals surface area contributed by atoms with Crippen LogP contribution in [0, 0.1) is 0 Å². The van der Waals surface area contributed by atoms with Gasteiger partial charge in [-0.25, -0.2) is 0 Å². The van der Waals surface area contributed by atoms with Crippen molar-refractivity contribution in [2.45, 2.75) is 0 Å². The molecule has 1 atom stereocenters. The van der Waals surface area contributed by atoms with Crippen molar-refractivity contribution in [3.8, 4) is 0 Å². The van der Waals surface area contributed by atoms with Crippen molar-refractivity contribution in [2.24, 2.45) is 0 Å². The van der Waals surface area contributed by atoms with Gasteiger partial charge in [0.1, 0.15) is 28.5 Å². The molecule has 0 heterocycles. The van der Waals surface area contributed by atoms with Gasteiger partial charge in [-0.2, -0.15) is 0 Å². The highest BCUT2D eigenvalue weighted by atomic mass is 32.1. The lowest BCUT2D eigenvalue weighted by atomic mass is 10.3. The molecule has 7 rings (SSSR count). The van der Waals surface area contributed by atoms with Crippen molar-refractivity contribution in [3.05, 3.63) is 206 Å². The molecule has 0 aliphatic rings. The minimum absolute atomic E-state index is 0.754. The summed E-state index contributed by atoms with van der Waals surface area (Å²) in [6.45, 7) is 0. The van der Waals surface area contributed by atoms with Crippen molar-refractivity contribution >= 4 is 64.9 Å². The van der Waals surface area contributed by atoms with Crippen LogP contribution in [0.1, 0.15) is 0 Å². The van der Waals surface area contributed by atoms with E-state index in [0.29, 0.717) is 0 Å². The van der Waals surface area contributed by atoms with Crippen molar-refractivity contribution in [2.75, 3.05) is 0 Å². The van der Waals surface area contributed by atoms with Gasteiger partial charge in [0.15, 0.2) is 0 Å². The Morgan fingerprint density at radius 3 is 0.933 bits per heavy atom. The number of hydrogen-bond donors (Lipinski definition) is 0. The van der Waals surface area contributed by atoms with Gasteiger partial charge in [-0.3, -0.25) is 0 Å². The summed E-state index contributed by atoms with van der Waals surface area (Å²) in [6.07, 6.45) is 0. The summed E-state index contributed by atoms with van der Waals surface area (Å²) < 4.78 is 0. The maximum Gasteiger partial charge on any atom is 0.145 e. The molecule has 0 amide bonds. The minimum atomic E-state index is -2.31. The van der Waals surface area contributed by atoms with E-state index in [1.54, 1.807) is 0 Å². The van der Waals surface area contributed by atoms with Crippen LogP contribution in [0.4, 0.5) is 0 Å². The molecule has 45 heavy (non-hydrogen) atoms. The Morgan fingerprint density at radius 1 is 0.267 bits per heavy atom. The Morgan fingerprint density at radius 2 is 0.556 bits per heavy atom. The summed E-state index contributed by atoms with van der Waals surface area (Å²) in [5.41, 5.74) is 0. The summed E-state index contributed by atoms with van der Waals surface area (Å²) in [5.74, 6) is 0. The van der Waals surface area contributed by atoms with Crippen LogP contribution in [0.25, 0.3) is 0 Å². The minimum Gasteiger partial charge on any atom is -0.0622 e. The average Bonchev–Trinajstić information content (AvgIpc) is 3.14. The lowest BCUT2D eigenvalue weighted by Gasteiger charge is -2.34. The van der Waals surface area contributed by atoms with E-state index in [-0.39, 0.29) is 0 Å². The zero-order chi connectivity index (χ0) is 30.3. The third kappa shape index (κ3) is 5.84. The Hall–Kier alpha value is -4.17. The molecule has 0 aromatic heterocycles. The van der Waals surface area contributed by atoms with Crippen LogP contribution < -0.4 is 42.4 Å². The van der Waals surface area contributed by atoms with E-state index in [1.807, 2.05) is 0 Å². The predicted octanol–water partition coefficient (Wildman–Crippen LogP) is 7.79. The van der Waals surface area contributed by atoms with E-state index in [1.165, 1.54) is 42.4 Å². The fraction of sp³-hybridized carbons (Fsp3) is 0. The van der Waals surface area contributed by atoms with E-state index in [9.17, 15) is 0 Å². The molecular formula is C42H34P3+. The second-order valence-electron chi connectivity index (χ2n) is 10.8. The quantitative estimate of drug-likeness (QED) is 0.143. The molecule has 0 fully saturated rings. The van der Waals surface area contributed by atoms with Gasteiger partial charge in [0.25, 0.3) is 0 Å². The molecule has 0 aliphatic carbocycles. The summed E-state index contributed by atoms with van der Waals surface area (Å²) in [5, 5.41) is 11.3. The largest absolute Gasteiger partial charge is 0.145 e. The smallest absolute Gasteiger partial charge is 0.0622 e. The van der Waals surface area contributed by atoms with E-state index in [0.717, 1.165) is 0 Å². The van der Waals surface area contributed by atoms with E-state index in [4.69, 9.17) is 0 Å². The second-order valence-corrected chi connectivity index (χ2v) is 19.8. The maximum absolute atomic E-state index is 2.44. The third-order valence-electron chi connectivity index (χ3n) is 8.10. The average molecular weight is 632 g/mol. The molecular weight excluding hydrogens is 597 g/mol. The molecule has 0 aliphatic heterocycles. The normalized spacial score (nSPS) is 12.1. The van der Waals surface area contributed by atoms with Crippen LogP contribution in [-0.4, -0.2) is 0 Å².